The Labute approximate surface area is 106 Å². The zero-order chi connectivity index (χ0) is 12.5. The van der Waals surface area contributed by atoms with Crippen molar-refractivity contribution >= 4 is 22.6 Å². The number of carbonyl (C=O) groups excluding carboxylic acids is 1. The van der Waals surface area contributed by atoms with E-state index in [2.05, 4.69) is 15.3 Å². The predicted octanol–water partition coefficient (Wildman–Crippen LogP) is 3.00. The SMILES string of the molecule is Cc1nc2ccc(NC(=O)C3CCCC3)cc2[nH]1. The molecule has 1 aromatic carbocycles. The number of anilines is 1. The number of amides is 1. The molecule has 0 saturated heterocycles. The summed E-state index contributed by atoms with van der Waals surface area (Å²) in [4.78, 5) is 19.5. The molecule has 3 rings (SSSR count). The summed E-state index contributed by atoms with van der Waals surface area (Å²) in [5, 5.41) is 3.00. The molecule has 0 bridgehead atoms. The first kappa shape index (κ1) is 11.3. The Morgan fingerprint density at radius 1 is 1.39 bits per heavy atom. The van der Waals surface area contributed by atoms with Crippen molar-refractivity contribution in [2.24, 2.45) is 5.92 Å². The summed E-state index contributed by atoms with van der Waals surface area (Å²) in [6, 6.07) is 5.79. The van der Waals surface area contributed by atoms with Crippen LogP contribution in [0.15, 0.2) is 18.2 Å². The zero-order valence-electron chi connectivity index (χ0n) is 10.5. The van der Waals surface area contributed by atoms with Crippen LogP contribution in [-0.2, 0) is 4.79 Å². The van der Waals surface area contributed by atoms with Crippen LogP contribution < -0.4 is 5.32 Å². The predicted molar refractivity (Wildman–Crippen MR) is 71.4 cm³/mol. The van der Waals surface area contributed by atoms with Gasteiger partial charge in [-0.05, 0) is 38.0 Å². The fraction of sp³-hybridized carbons (Fsp3) is 0.429. The summed E-state index contributed by atoms with van der Waals surface area (Å²) in [5.74, 6) is 1.25. The van der Waals surface area contributed by atoms with Crippen molar-refractivity contribution < 1.29 is 4.79 Å². The highest BCUT2D eigenvalue weighted by Crippen LogP contribution is 2.26. The molecule has 94 valence electrons. The van der Waals surface area contributed by atoms with Gasteiger partial charge >= 0.3 is 0 Å². The van der Waals surface area contributed by atoms with Crippen molar-refractivity contribution in [2.75, 3.05) is 5.32 Å². The topological polar surface area (TPSA) is 57.8 Å². The summed E-state index contributed by atoms with van der Waals surface area (Å²) in [5.41, 5.74) is 2.76. The minimum absolute atomic E-state index is 0.156. The highest BCUT2D eigenvalue weighted by Gasteiger charge is 2.22. The van der Waals surface area contributed by atoms with Crippen molar-refractivity contribution in [3.8, 4) is 0 Å². The van der Waals surface area contributed by atoms with Gasteiger partial charge in [-0.1, -0.05) is 12.8 Å². The average Bonchev–Trinajstić information content (AvgIpc) is 2.95. The van der Waals surface area contributed by atoms with E-state index in [1.165, 1.54) is 12.8 Å². The van der Waals surface area contributed by atoms with Crippen LogP contribution in [-0.4, -0.2) is 15.9 Å². The van der Waals surface area contributed by atoms with E-state index in [0.29, 0.717) is 0 Å². The van der Waals surface area contributed by atoms with Gasteiger partial charge in [-0.2, -0.15) is 0 Å². The van der Waals surface area contributed by atoms with Gasteiger partial charge in [0, 0.05) is 11.6 Å². The standard InChI is InChI=1S/C14H17N3O/c1-9-15-12-7-6-11(8-13(12)16-9)17-14(18)10-4-2-3-5-10/h6-8,10H,2-5H2,1H3,(H,15,16)(H,17,18). The third-order valence-electron chi connectivity index (χ3n) is 3.59. The molecule has 1 fully saturated rings. The number of carbonyl (C=O) groups is 1. The molecule has 0 spiro atoms. The van der Waals surface area contributed by atoms with E-state index in [0.717, 1.165) is 35.4 Å². The van der Waals surface area contributed by atoms with Gasteiger partial charge < -0.3 is 10.3 Å². The number of rotatable bonds is 2. The summed E-state index contributed by atoms with van der Waals surface area (Å²) in [6.45, 7) is 1.93. The number of imidazole rings is 1. The lowest BCUT2D eigenvalue weighted by Crippen LogP contribution is -2.20. The maximum atomic E-state index is 12.0. The monoisotopic (exact) mass is 243 g/mol. The van der Waals surface area contributed by atoms with Gasteiger partial charge in [-0.25, -0.2) is 4.98 Å². The van der Waals surface area contributed by atoms with E-state index >= 15 is 0 Å². The molecule has 0 aliphatic heterocycles. The van der Waals surface area contributed by atoms with Crippen LogP contribution in [0.3, 0.4) is 0 Å². The first-order chi connectivity index (χ1) is 8.72. The van der Waals surface area contributed by atoms with Crippen molar-refractivity contribution in [3.05, 3.63) is 24.0 Å². The van der Waals surface area contributed by atoms with Crippen molar-refractivity contribution in [1.82, 2.24) is 9.97 Å². The van der Waals surface area contributed by atoms with Crippen molar-refractivity contribution in [1.29, 1.82) is 0 Å². The molecule has 0 unspecified atom stereocenters. The van der Waals surface area contributed by atoms with Crippen molar-refractivity contribution in [2.45, 2.75) is 32.6 Å². The Bertz CT molecular complexity index is 582. The molecule has 2 aromatic rings. The minimum atomic E-state index is 0.156. The van der Waals surface area contributed by atoms with E-state index in [1.54, 1.807) is 0 Å². The summed E-state index contributed by atoms with van der Waals surface area (Å²) in [6.07, 6.45) is 4.40. The van der Waals surface area contributed by atoms with E-state index in [-0.39, 0.29) is 11.8 Å². The lowest BCUT2D eigenvalue weighted by atomic mass is 10.1. The molecule has 1 saturated carbocycles. The van der Waals surface area contributed by atoms with E-state index in [9.17, 15) is 4.79 Å². The molecule has 1 heterocycles. The van der Waals surface area contributed by atoms with Crippen LogP contribution in [0.25, 0.3) is 11.0 Å². The lowest BCUT2D eigenvalue weighted by molar-refractivity contribution is -0.119. The third-order valence-corrected chi connectivity index (χ3v) is 3.59. The molecule has 1 aliphatic carbocycles. The maximum Gasteiger partial charge on any atom is 0.227 e. The second-order valence-corrected chi connectivity index (χ2v) is 5.02. The lowest BCUT2D eigenvalue weighted by Gasteiger charge is -2.10. The van der Waals surface area contributed by atoms with Crippen LogP contribution in [0.5, 0.6) is 0 Å². The first-order valence-electron chi connectivity index (χ1n) is 6.49. The van der Waals surface area contributed by atoms with Crippen LogP contribution in [0.2, 0.25) is 0 Å². The van der Waals surface area contributed by atoms with Crippen LogP contribution in [0.4, 0.5) is 5.69 Å². The molecule has 2 N–H and O–H groups in total. The van der Waals surface area contributed by atoms with Gasteiger partial charge in [0.2, 0.25) is 5.91 Å². The highest BCUT2D eigenvalue weighted by molar-refractivity contribution is 5.94. The summed E-state index contributed by atoms with van der Waals surface area (Å²) >= 11 is 0. The molecular formula is C14H17N3O. The third kappa shape index (κ3) is 2.10. The molecule has 0 radical (unpaired) electrons. The quantitative estimate of drug-likeness (QED) is 0.851. The Hall–Kier alpha value is -1.84. The van der Waals surface area contributed by atoms with Gasteiger partial charge in [0.05, 0.1) is 11.0 Å². The van der Waals surface area contributed by atoms with Crippen LogP contribution >= 0.6 is 0 Å². The Morgan fingerprint density at radius 2 is 2.17 bits per heavy atom. The second-order valence-electron chi connectivity index (χ2n) is 5.02. The van der Waals surface area contributed by atoms with E-state index in [4.69, 9.17) is 0 Å². The Balaban J connectivity index is 1.79. The number of H-pyrrole nitrogens is 1. The van der Waals surface area contributed by atoms with Crippen LogP contribution in [0.1, 0.15) is 31.5 Å². The number of fused-ring (bicyclic) bond motifs is 1. The molecule has 4 heteroatoms. The number of nitrogens with one attached hydrogen (secondary N) is 2. The van der Waals surface area contributed by atoms with Crippen molar-refractivity contribution in [3.63, 3.8) is 0 Å². The smallest absolute Gasteiger partial charge is 0.227 e. The number of nitrogens with zero attached hydrogens (tertiary/aromatic N) is 1. The minimum Gasteiger partial charge on any atom is -0.342 e. The molecule has 1 aromatic heterocycles. The molecule has 0 atom stereocenters. The van der Waals surface area contributed by atoms with E-state index < -0.39 is 0 Å². The average molecular weight is 243 g/mol. The Kier molecular flexibility index (Phi) is 2.78. The van der Waals surface area contributed by atoms with Gasteiger partial charge in [0.1, 0.15) is 5.82 Å². The maximum absolute atomic E-state index is 12.0. The normalized spacial score (nSPS) is 16.3. The van der Waals surface area contributed by atoms with Gasteiger partial charge in [0.15, 0.2) is 0 Å². The number of hydrogen-bond acceptors (Lipinski definition) is 2. The molecule has 1 amide bonds. The van der Waals surface area contributed by atoms with Gasteiger partial charge in [-0.3, -0.25) is 4.79 Å². The molecule has 18 heavy (non-hydrogen) atoms. The summed E-state index contributed by atoms with van der Waals surface area (Å²) in [7, 11) is 0. The fourth-order valence-electron chi connectivity index (χ4n) is 2.65. The largest absolute Gasteiger partial charge is 0.342 e. The first-order valence-corrected chi connectivity index (χ1v) is 6.49. The zero-order valence-corrected chi connectivity index (χ0v) is 10.5. The van der Waals surface area contributed by atoms with Gasteiger partial charge in [0.25, 0.3) is 0 Å². The summed E-state index contributed by atoms with van der Waals surface area (Å²) < 4.78 is 0. The number of hydrogen-bond donors (Lipinski definition) is 2. The fourth-order valence-corrected chi connectivity index (χ4v) is 2.65. The Morgan fingerprint density at radius 3 is 2.94 bits per heavy atom. The number of aromatic amines is 1. The number of aromatic nitrogens is 2. The van der Waals surface area contributed by atoms with Gasteiger partial charge in [-0.15, -0.1) is 0 Å². The van der Waals surface area contributed by atoms with E-state index in [1.807, 2.05) is 25.1 Å². The number of benzene rings is 1. The number of aryl methyl sites for hydroxylation is 1. The molecular weight excluding hydrogens is 226 g/mol. The van der Waals surface area contributed by atoms with Crippen LogP contribution in [0, 0.1) is 12.8 Å². The molecule has 1 aliphatic rings. The highest BCUT2D eigenvalue weighted by atomic mass is 16.1. The molecule has 4 nitrogen and oxygen atoms in total. The second kappa shape index (κ2) is 4.44.